The van der Waals surface area contributed by atoms with E-state index in [-0.39, 0.29) is 11.7 Å². The van der Waals surface area contributed by atoms with Crippen LogP contribution in [0.4, 0.5) is 0 Å². The second kappa shape index (κ2) is 13.9. The van der Waals surface area contributed by atoms with Gasteiger partial charge in [0.15, 0.2) is 0 Å². The molecule has 0 aliphatic heterocycles. The lowest BCUT2D eigenvalue weighted by molar-refractivity contribution is -0.118. The molecule has 17 heavy (non-hydrogen) atoms. The summed E-state index contributed by atoms with van der Waals surface area (Å²) in [5.41, 5.74) is 0. The largest absolute Gasteiger partial charge is 0.355 e. The first kappa shape index (κ1) is 16.8. The van der Waals surface area contributed by atoms with E-state index < -0.39 is 0 Å². The van der Waals surface area contributed by atoms with Gasteiger partial charge in [-0.2, -0.15) is 0 Å². The van der Waals surface area contributed by atoms with Crippen LogP contribution in [0.15, 0.2) is 0 Å². The van der Waals surface area contributed by atoms with Crippen molar-refractivity contribution in [2.75, 3.05) is 12.3 Å². The van der Waals surface area contributed by atoms with Crippen molar-refractivity contribution >= 4 is 18.5 Å². The lowest BCUT2D eigenvalue weighted by atomic mass is 10.1. The molecule has 0 unspecified atom stereocenters. The third-order valence-corrected chi connectivity index (χ3v) is 3.25. The quantitative estimate of drug-likeness (QED) is 0.522. The summed E-state index contributed by atoms with van der Waals surface area (Å²) in [5, 5.41) is 2.81. The third-order valence-electron chi connectivity index (χ3n) is 2.98. The monoisotopic (exact) mass is 258 g/mol. The van der Waals surface area contributed by atoms with Crippen LogP contribution in [-0.2, 0) is 4.79 Å². The van der Waals surface area contributed by atoms with Gasteiger partial charge in [-0.1, -0.05) is 77.3 Å². The van der Waals surface area contributed by atoms with Crippen LogP contribution < -0.4 is 5.32 Å². The van der Waals surface area contributed by atoms with Crippen molar-refractivity contribution in [2.24, 2.45) is 0 Å². The summed E-state index contributed by atoms with van der Waals surface area (Å²) in [6.07, 6.45) is 13.3. The fourth-order valence-corrected chi connectivity index (χ4v) is 1.99. The molecule has 101 valence electrons. The Kier molecular flexibility index (Phi) is 13.7. The Hall–Kier alpha value is -0.180. The highest BCUT2D eigenvalue weighted by Gasteiger charge is 1.96. The average molecular weight is 258 g/mol. The predicted molar refractivity (Wildman–Crippen MR) is 77.3 cm³/mol. The molecule has 1 amide bonds. The highest BCUT2D eigenvalue weighted by molar-refractivity contribution is 7.81. The van der Waals surface area contributed by atoms with Gasteiger partial charge in [-0.3, -0.25) is 4.79 Å². The summed E-state index contributed by atoms with van der Waals surface area (Å²) in [5.74, 6) is 0.188. The maximum Gasteiger partial charge on any atom is 0.230 e. The number of hydrogen-bond donors (Lipinski definition) is 1. The van der Waals surface area contributed by atoms with E-state index in [0.29, 0.717) is 0 Å². The highest BCUT2D eigenvalue weighted by Crippen LogP contribution is 2.10. The van der Waals surface area contributed by atoms with E-state index in [0.717, 1.165) is 13.0 Å². The molecule has 0 bridgehead atoms. The summed E-state index contributed by atoms with van der Waals surface area (Å²) >= 11 is 4.64. The highest BCUT2D eigenvalue weighted by atomic mass is 32.1. The molecule has 0 atom stereocenters. The first-order valence-electron chi connectivity index (χ1n) is 7.16. The fourth-order valence-electron chi connectivity index (χ4n) is 1.89. The SMILES string of the molecule is CCCCCCCCCCCCNC(=O)C[S]. The Balaban J connectivity index is 2.96. The van der Waals surface area contributed by atoms with Crippen molar-refractivity contribution in [1.29, 1.82) is 0 Å². The topological polar surface area (TPSA) is 29.1 Å². The molecule has 0 aliphatic rings. The number of rotatable bonds is 12. The third kappa shape index (κ3) is 13.8. The van der Waals surface area contributed by atoms with Crippen molar-refractivity contribution in [1.82, 2.24) is 5.32 Å². The predicted octanol–water partition coefficient (Wildman–Crippen LogP) is 4.22. The second-order valence-corrected chi connectivity index (χ2v) is 4.96. The average Bonchev–Trinajstić information content (AvgIpc) is 2.35. The van der Waals surface area contributed by atoms with Gasteiger partial charge in [0, 0.05) is 6.54 Å². The molecule has 0 saturated heterocycles. The van der Waals surface area contributed by atoms with Crippen molar-refractivity contribution in [2.45, 2.75) is 71.1 Å². The second-order valence-electron chi connectivity index (χ2n) is 4.68. The molecule has 0 rings (SSSR count). The van der Waals surface area contributed by atoms with Crippen LogP contribution in [0, 0.1) is 0 Å². The smallest absolute Gasteiger partial charge is 0.230 e. The van der Waals surface area contributed by atoms with Gasteiger partial charge in [0.2, 0.25) is 5.91 Å². The number of carbonyl (C=O) groups excluding carboxylic acids is 1. The number of carbonyl (C=O) groups is 1. The maximum atomic E-state index is 10.9. The zero-order valence-corrected chi connectivity index (χ0v) is 12.1. The van der Waals surface area contributed by atoms with Gasteiger partial charge in [0.1, 0.15) is 0 Å². The normalized spacial score (nSPS) is 10.5. The van der Waals surface area contributed by atoms with Crippen molar-refractivity contribution < 1.29 is 4.79 Å². The van der Waals surface area contributed by atoms with Crippen molar-refractivity contribution in [3.63, 3.8) is 0 Å². The molecule has 0 aromatic carbocycles. The van der Waals surface area contributed by atoms with Crippen LogP contribution in [-0.4, -0.2) is 18.2 Å². The van der Waals surface area contributed by atoms with Crippen LogP contribution in [0.3, 0.4) is 0 Å². The zero-order chi connectivity index (χ0) is 12.8. The Morgan fingerprint density at radius 3 is 1.82 bits per heavy atom. The maximum absolute atomic E-state index is 10.9. The number of unbranched alkanes of at least 4 members (excludes halogenated alkanes) is 9. The van der Waals surface area contributed by atoms with E-state index in [9.17, 15) is 4.79 Å². The van der Waals surface area contributed by atoms with Crippen LogP contribution in [0.1, 0.15) is 71.1 Å². The van der Waals surface area contributed by atoms with Gasteiger partial charge in [-0.05, 0) is 6.42 Å². The summed E-state index contributed by atoms with van der Waals surface area (Å²) in [6, 6.07) is 0. The minimum absolute atomic E-state index is 0.00377. The zero-order valence-electron chi connectivity index (χ0n) is 11.3. The van der Waals surface area contributed by atoms with E-state index in [1.165, 1.54) is 57.8 Å². The first-order chi connectivity index (χ1) is 8.31. The molecule has 3 heteroatoms. The van der Waals surface area contributed by atoms with Gasteiger partial charge in [0.25, 0.3) is 0 Å². The molecule has 0 aliphatic carbocycles. The molecular formula is C14H28NOS. The molecule has 1 N–H and O–H groups in total. The van der Waals surface area contributed by atoms with E-state index >= 15 is 0 Å². The summed E-state index contributed by atoms with van der Waals surface area (Å²) < 4.78 is 0. The van der Waals surface area contributed by atoms with Crippen LogP contribution in [0.5, 0.6) is 0 Å². The van der Waals surface area contributed by atoms with E-state index in [1.807, 2.05) is 0 Å². The molecule has 0 aromatic heterocycles. The Labute approximate surface area is 112 Å². The first-order valence-corrected chi connectivity index (χ1v) is 7.73. The lowest BCUT2D eigenvalue weighted by Gasteiger charge is -2.03. The molecule has 0 saturated carbocycles. The van der Waals surface area contributed by atoms with Crippen LogP contribution in [0.25, 0.3) is 0 Å². The van der Waals surface area contributed by atoms with Gasteiger partial charge in [-0.25, -0.2) is 0 Å². The van der Waals surface area contributed by atoms with Gasteiger partial charge in [0.05, 0.1) is 5.75 Å². The standard InChI is InChI=1S/C14H28NOS/c1-2-3-4-5-6-7-8-9-10-11-12-15-14(16)13-17/h2-13H2,1H3,(H,15,16). The summed E-state index contributed by atoms with van der Waals surface area (Å²) in [7, 11) is 0. The molecule has 0 aromatic rings. The minimum atomic E-state index is -0.00377. The van der Waals surface area contributed by atoms with Gasteiger partial charge >= 0.3 is 0 Å². The summed E-state index contributed by atoms with van der Waals surface area (Å²) in [6.45, 7) is 3.05. The van der Waals surface area contributed by atoms with E-state index in [1.54, 1.807) is 0 Å². The van der Waals surface area contributed by atoms with Crippen LogP contribution >= 0.6 is 12.6 Å². The van der Waals surface area contributed by atoms with E-state index in [2.05, 4.69) is 24.9 Å². The summed E-state index contributed by atoms with van der Waals surface area (Å²) in [4.78, 5) is 10.9. The van der Waals surface area contributed by atoms with Crippen LogP contribution in [0.2, 0.25) is 0 Å². The molecule has 0 fully saturated rings. The Morgan fingerprint density at radius 2 is 1.35 bits per heavy atom. The van der Waals surface area contributed by atoms with Crippen molar-refractivity contribution in [3.05, 3.63) is 0 Å². The fraction of sp³-hybridized carbons (Fsp3) is 0.929. The lowest BCUT2D eigenvalue weighted by Crippen LogP contribution is -2.25. The Bertz CT molecular complexity index is 174. The molecule has 2 nitrogen and oxygen atoms in total. The van der Waals surface area contributed by atoms with E-state index in [4.69, 9.17) is 0 Å². The molecule has 1 radical (unpaired) electrons. The number of nitrogens with one attached hydrogen (secondary N) is 1. The Morgan fingerprint density at radius 1 is 0.882 bits per heavy atom. The number of amides is 1. The van der Waals surface area contributed by atoms with Gasteiger partial charge in [-0.15, -0.1) is 0 Å². The van der Waals surface area contributed by atoms with Crippen molar-refractivity contribution in [3.8, 4) is 0 Å². The molecular weight excluding hydrogens is 230 g/mol. The minimum Gasteiger partial charge on any atom is -0.355 e. The van der Waals surface area contributed by atoms with Gasteiger partial charge < -0.3 is 5.32 Å². The molecule has 0 spiro atoms. The molecule has 0 heterocycles. The number of hydrogen-bond acceptors (Lipinski definition) is 1.